The predicted octanol–water partition coefficient (Wildman–Crippen LogP) is 16.0. The van der Waals surface area contributed by atoms with Gasteiger partial charge in [-0.2, -0.15) is 0 Å². The number of anilines is 7. The maximum Gasteiger partial charge on any atom is 0.236 e. The Bertz CT molecular complexity index is 5640. The molecular weight excluding hydrogens is 1770 g/mol. The molecule has 5 heterocycles. The first-order valence-electron chi connectivity index (χ1n) is 43.5. The van der Waals surface area contributed by atoms with E-state index < -0.39 is 0 Å². The third-order valence-electron chi connectivity index (χ3n) is 25.4. The number of ether oxygens (including phenoxy) is 20. The van der Waals surface area contributed by atoms with Crippen LogP contribution >= 0.6 is 0 Å². The highest BCUT2D eigenvalue weighted by Gasteiger charge is 2.69. The quantitative estimate of drug-likeness (QED) is 0.0199. The molecule has 730 valence electrons. The summed E-state index contributed by atoms with van der Waals surface area (Å²) in [5.74, 6) is 9.06. The van der Waals surface area contributed by atoms with E-state index in [0.717, 1.165) is 40.7 Å². The van der Waals surface area contributed by atoms with E-state index in [1.54, 1.807) is 193 Å². The van der Waals surface area contributed by atoms with E-state index in [0.29, 0.717) is 161 Å². The van der Waals surface area contributed by atoms with Crippen molar-refractivity contribution in [2.75, 3.05) is 178 Å². The summed E-state index contributed by atoms with van der Waals surface area (Å²) in [5, 5.41) is 30.5. The van der Waals surface area contributed by atoms with Gasteiger partial charge in [0.25, 0.3) is 0 Å². The van der Waals surface area contributed by atoms with Gasteiger partial charge in [-0.05, 0) is 108 Å². The van der Waals surface area contributed by atoms with Gasteiger partial charge in [-0.1, -0.05) is 58.0 Å². The highest BCUT2D eigenvalue weighted by Crippen LogP contribution is 2.68. The van der Waals surface area contributed by atoms with Gasteiger partial charge in [-0.25, -0.2) is 0 Å². The number of benzene rings is 10. The predicted molar refractivity (Wildman–Crippen MR) is 513 cm³/mol. The van der Waals surface area contributed by atoms with Gasteiger partial charge in [0.15, 0.2) is 92.0 Å². The molecule has 0 radical (unpaired) electrons. The lowest BCUT2D eigenvalue weighted by Crippen LogP contribution is -2.57. The number of hydrogen-bond acceptors (Lipinski definition) is 30. The zero-order valence-electron chi connectivity index (χ0n) is 81.2. The number of rotatable bonds is 31. The standard InChI is InChI=1S/C21H23NO6.C21H25NO6.2C20H24N2O5.C20H23NO6/c1-25-15-6-5-12(9-14(15)23)19-21(7-8-21)20(24)22(19)13-10-16(26-2)18(28-4)17(11-13)27-3;1-6-14-19(12-7-8-16(25-2)15(23)9-12)22(21(14)24)13-10-17(26-3)20(28-5)18(11-13)27-4;2*1-11-18(12-6-7-15(24-2)14(21)8-12)22(20(11)23)13-9-16(25-3)19(27-5)17(10-13)26-4;1-11-18(12-6-7-15(24-2)14(22)8-12)21(20(11)23)13-9-16(25-3)19(27-5)17(10-13)26-4/h5-6,9-11,19,23H,7-8H2,1-4H3;7-11,14,19,23H,6H2,1-5H3;2*6-11,18H,21H2,1-5H3;6-11,18,22H,1-5H3/t19-;14-,19+;11-,18+;11-,18-;11-,18+/m01011/s1. The van der Waals surface area contributed by atoms with Gasteiger partial charge < -0.3 is 146 Å². The van der Waals surface area contributed by atoms with Crippen molar-refractivity contribution in [1.29, 1.82) is 0 Å². The van der Waals surface area contributed by atoms with Gasteiger partial charge in [-0.15, -0.1) is 0 Å². The number of phenolic OH excluding ortho intramolecular Hbond substituents is 3. The summed E-state index contributed by atoms with van der Waals surface area (Å²) in [5.41, 5.74) is 20.5. The fraction of sp³-hybridized carbons (Fsp3) is 0.363. The van der Waals surface area contributed by atoms with Crippen LogP contribution in [0.3, 0.4) is 0 Å². The molecule has 6 aliphatic rings. The highest BCUT2D eigenvalue weighted by molar-refractivity contribution is 6.09. The molecule has 35 heteroatoms. The monoisotopic (exact) mass is 1890 g/mol. The second kappa shape index (κ2) is 42.8. The topological polar surface area (TPSA) is 399 Å². The number of amides is 5. The van der Waals surface area contributed by atoms with E-state index in [2.05, 4.69) is 0 Å². The van der Waals surface area contributed by atoms with Crippen LogP contribution < -0.4 is 131 Å². The fourth-order valence-corrected chi connectivity index (χ4v) is 18.3. The number of aromatic hydroxyl groups is 3. The molecule has 1 saturated carbocycles. The number of nitrogen functional groups attached to an aromatic ring is 2. The summed E-state index contributed by atoms with van der Waals surface area (Å²) >= 11 is 0. The van der Waals surface area contributed by atoms with Gasteiger partial charge >= 0.3 is 0 Å². The van der Waals surface area contributed by atoms with Crippen LogP contribution in [0.15, 0.2) is 152 Å². The lowest BCUT2D eigenvalue weighted by atomic mass is 9.78. The second-order valence-electron chi connectivity index (χ2n) is 32.4. The first-order chi connectivity index (χ1) is 65.9. The number of β-lactam (4-membered cyclic amide) rings is 5. The number of nitrogens with two attached hydrogens (primary N) is 2. The van der Waals surface area contributed by atoms with Crippen molar-refractivity contribution in [1.82, 2.24) is 0 Å². The van der Waals surface area contributed by atoms with Crippen LogP contribution in [0, 0.1) is 29.1 Å². The Morgan fingerprint density at radius 3 is 0.701 bits per heavy atom. The van der Waals surface area contributed by atoms with Crippen LogP contribution in [0.25, 0.3) is 0 Å². The third-order valence-corrected chi connectivity index (χ3v) is 25.4. The summed E-state index contributed by atoms with van der Waals surface area (Å²) in [6.45, 7) is 7.65. The van der Waals surface area contributed by atoms with Gasteiger partial charge in [0.2, 0.25) is 58.3 Å². The Morgan fingerprint density at radius 1 is 0.270 bits per heavy atom. The van der Waals surface area contributed by atoms with E-state index >= 15 is 0 Å². The molecule has 7 N–H and O–H groups in total. The smallest absolute Gasteiger partial charge is 0.236 e. The van der Waals surface area contributed by atoms with E-state index in [1.165, 1.54) is 71.1 Å². The molecule has 9 atom stereocenters. The molecular formula is C102H119N7O28. The number of phenols is 3. The van der Waals surface area contributed by atoms with Crippen LogP contribution in [0.2, 0.25) is 0 Å². The summed E-state index contributed by atoms with van der Waals surface area (Å²) < 4.78 is 107. The number of carbonyl (C=O) groups is 5. The molecule has 5 saturated heterocycles. The van der Waals surface area contributed by atoms with Crippen LogP contribution in [-0.2, 0) is 24.0 Å². The normalized spacial score (nSPS) is 18.8. The summed E-state index contributed by atoms with van der Waals surface area (Å²) in [6.07, 6.45) is 2.37. The van der Waals surface area contributed by atoms with Crippen molar-refractivity contribution in [3.8, 4) is 132 Å². The molecule has 35 nitrogen and oxygen atoms in total. The van der Waals surface area contributed by atoms with Gasteiger partial charge in [-0.3, -0.25) is 24.0 Å². The van der Waals surface area contributed by atoms with E-state index in [9.17, 15) is 39.3 Å². The molecule has 5 amide bonds. The SMILES string of the molecule is CC[C@H]1C(=O)N(c2cc(OC)c(OC)c(OC)c2)[C@H]1c1ccc(OC)c(O)c1.COc1ccc([C@@H]2N(c3cc(OC)c(OC)c(OC)c3)C(=O)C23CC3)cc1O.COc1ccc([C@@H]2[C@@H](C)C(=O)N2c2cc(OC)c(OC)c(OC)c2)cc1O.COc1ccc([C@H]2[C@@H](C)C(=O)N2c2cc(OC)c(OC)c(OC)c2)cc1N.COc1ccc([C@H]2[C@H](C)C(=O)N2c2cc(OC)c(OC)c(OC)c2)cc1N. The lowest BCUT2D eigenvalue weighted by molar-refractivity contribution is -0.132. The summed E-state index contributed by atoms with van der Waals surface area (Å²) in [6, 6.07) is 43.5. The molecule has 10 aromatic rings. The highest BCUT2D eigenvalue weighted by atomic mass is 16.6. The molecule has 1 aliphatic carbocycles. The number of hydrogen-bond donors (Lipinski definition) is 5. The maximum absolute atomic E-state index is 13.0. The molecule has 1 spiro atoms. The van der Waals surface area contributed by atoms with Gasteiger partial charge in [0.1, 0.15) is 11.5 Å². The van der Waals surface area contributed by atoms with Crippen LogP contribution in [0.1, 0.15) is 105 Å². The van der Waals surface area contributed by atoms with Gasteiger partial charge in [0.05, 0.1) is 241 Å². The Kier molecular flexibility index (Phi) is 31.4. The van der Waals surface area contributed by atoms with Crippen molar-refractivity contribution in [3.05, 3.63) is 179 Å². The lowest BCUT2D eigenvalue weighted by Gasteiger charge is -2.48. The Hall–Kier alpha value is -15.5. The minimum atomic E-state index is -0.387. The molecule has 5 aliphatic heterocycles. The molecule has 0 bridgehead atoms. The molecule has 16 rings (SSSR count). The average Bonchev–Trinajstić information content (AvgIpc) is 1.52. The average molecular weight is 1890 g/mol. The molecule has 137 heavy (non-hydrogen) atoms. The van der Waals surface area contributed by atoms with E-state index in [-0.39, 0.29) is 106 Å². The van der Waals surface area contributed by atoms with Crippen molar-refractivity contribution in [2.24, 2.45) is 29.1 Å². The van der Waals surface area contributed by atoms with E-state index in [1.807, 2.05) is 82.3 Å². The summed E-state index contributed by atoms with van der Waals surface area (Å²) in [7, 11) is 30.7. The van der Waals surface area contributed by atoms with Crippen molar-refractivity contribution in [3.63, 3.8) is 0 Å². The Morgan fingerprint density at radius 2 is 0.482 bits per heavy atom. The molecule has 6 fully saturated rings. The Balaban J connectivity index is 0.000000154. The first-order valence-corrected chi connectivity index (χ1v) is 43.5. The number of carbonyl (C=O) groups excluding carboxylic acids is 5. The maximum atomic E-state index is 13.0. The molecule has 0 aromatic heterocycles. The van der Waals surface area contributed by atoms with E-state index in [4.69, 9.17) is 106 Å². The first kappa shape index (κ1) is 101. The van der Waals surface area contributed by atoms with Crippen LogP contribution in [0.5, 0.6) is 132 Å². The second-order valence-corrected chi connectivity index (χ2v) is 32.4. The largest absolute Gasteiger partial charge is 0.504 e. The fourth-order valence-electron chi connectivity index (χ4n) is 18.3. The van der Waals surface area contributed by atoms with Gasteiger partial charge in [0, 0.05) is 60.7 Å². The van der Waals surface area contributed by atoms with Crippen molar-refractivity contribution < 1.29 is 134 Å². The Labute approximate surface area is 795 Å². The number of nitrogens with zero attached hydrogens (tertiary/aromatic N) is 5. The molecule has 10 aromatic carbocycles. The zero-order chi connectivity index (χ0) is 99.6. The van der Waals surface area contributed by atoms with Crippen molar-refractivity contribution in [2.45, 2.75) is 77.2 Å². The molecule has 0 unspecified atom stereocenters. The third kappa shape index (κ3) is 18.8. The number of methoxy groups -OCH3 is 20. The summed E-state index contributed by atoms with van der Waals surface area (Å²) in [4.78, 5) is 72.4. The van der Waals surface area contributed by atoms with Crippen LogP contribution in [-0.4, -0.2) is 187 Å². The minimum Gasteiger partial charge on any atom is -0.504 e. The van der Waals surface area contributed by atoms with Crippen LogP contribution in [0.4, 0.5) is 39.8 Å². The zero-order valence-corrected chi connectivity index (χ0v) is 81.2. The van der Waals surface area contributed by atoms with Crippen molar-refractivity contribution >= 4 is 69.3 Å². The minimum absolute atomic E-state index is 0.0112.